The van der Waals surface area contributed by atoms with Gasteiger partial charge < -0.3 is 14.7 Å². The highest BCUT2D eigenvalue weighted by atomic mass is 16.5. The van der Waals surface area contributed by atoms with Crippen molar-refractivity contribution >= 4 is 0 Å². The van der Waals surface area contributed by atoms with Crippen LogP contribution in [-0.4, -0.2) is 42.4 Å². The zero-order valence-electron chi connectivity index (χ0n) is 18.9. The molecule has 168 valence electrons. The van der Waals surface area contributed by atoms with E-state index in [1.54, 1.807) is 0 Å². The van der Waals surface area contributed by atoms with Crippen LogP contribution in [0.25, 0.3) is 0 Å². The van der Waals surface area contributed by atoms with Gasteiger partial charge in [0.2, 0.25) is 0 Å². The van der Waals surface area contributed by atoms with E-state index in [-0.39, 0.29) is 12.2 Å². The fourth-order valence-electron chi connectivity index (χ4n) is 4.70. The van der Waals surface area contributed by atoms with Crippen LogP contribution in [0.4, 0.5) is 0 Å². The molecule has 32 heavy (non-hydrogen) atoms. The van der Waals surface area contributed by atoms with Gasteiger partial charge in [-0.25, -0.2) is 0 Å². The molecular weight excluding hydrogens is 394 g/mol. The number of nitrogens with zero attached hydrogens (tertiary/aromatic N) is 1. The minimum Gasteiger partial charge on any atom is -0.391 e. The molecule has 1 fully saturated rings. The van der Waals surface area contributed by atoms with Crippen LogP contribution < -0.4 is 0 Å². The summed E-state index contributed by atoms with van der Waals surface area (Å²) in [6.07, 6.45) is 3.89. The molecule has 1 saturated heterocycles. The number of rotatable bonds is 10. The molecular formula is C29H35NO2. The van der Waals surface area contributed by atoms with Gasteiger partial charge in [-0.1, -0.05) is 91.0 Å². The van der Waals surface area contributed by atoms with Gasteiger partial charge in [-0.2, -0.15) is 0 Å². The zero-order valence-corrected chi connectivity index (χ0v) is 18.9. The van der Waals surface area contributed by atoms with Crippen molar-refractivity contribution in [3.05, 3.63) is 108 Å². The number of piperidine rings is 1. The Hall–Kier alpha value is -2.46. The molecule has 1 aliphatic rings. The lowest BCUT2D eigenvalue weighted by Gasteiger charge is -2.33. The summed E-state index contributed by atoms with van der Waals surface area (Å²) in [5.41, 5.74) is 3.63. The van der Waals surface area contributed by atoms with Crippen LogP contribution in [0.1, 0.15) is 42.1 Å². The second kappa shape index (κ2) is 12.0. The van der Waals surface area contributed by atoms with Gasteiger partial charge in [-0.15, -0.1) is 0 Å². The van der Waals surface area contributed by atoms with E-state index in [2.05, 4.69) is 77.7 Å². The highest BCUT2D eigenvalue weighted by Gasteiger charge is 2.22. The molecule has 1 heterocycles. The monoisotopic (exact) mass is 429 g/mol. The third-order valence-corrected chi connectivity index (χ3v) is 6.51. The van der Waals surface area contributed by atoms with Crippen LogP contribution in [0.5, 0.6) is 0 Å². The average Bonchev–Trinajstić information content (AvgIpc) is 2.84. The molecule has 4 rings (SSSR count). The number of likely N-dealkylation sites (tertiary alicyclic amines) is 1. The maximum absolute atomic E-state index is 10.5. The predicted molar refractivity (Wildman–Crippen MR) is 131 cm³/mol. The lowest BCUT2D eigenvalue weighted by molar-refractivity contribution is 0.0523. The minimum atomic E-state index is -0.296. The smallest absolute Gasteiger partial charge is 0.108 e. The summed E-state index contributed by atoms with van der Waals surface area (Å²) in [5.74, 6) is 0.699. The molecule has 3 aromatic carbocycles. The molecule has 0 unspecified atom stereocenters. The zero-order chi connectivity index (χ0) is 22.0. The first-order valence-corrected chi connectivity index (χ1v) is 11.9. The first-order valence-electron chi connectivity index (χ1n) is 11.9. The van der Waals surface area contributed by atoms with E-state index >= 15 is 0 Å². The fourth-order valence-corrected chi connectivity index (χ4v) is 4.70. The quantitative estimate of drug-likeness (QED) is 0.462. The highest BCUT2D eigenvalue weighted by Crippen LogP contribution is 2.28. The number of hydrogen-bond acceptors (Lipinski definition) is 3. The van der Waals surface area contributed by atoms with Gasteiger partial charge in [0.1, 0.15) is 6.10 Å². The molecule has 1 aliphatic heterocycles. The Kier molecular flexibility index (Phi) is 8.49. The lowest BCUT2D eigenvalue weighted by Crippen LogP contribution is -2.39. The van der Waals surface area contributed by atoms with E-state index in [0.29, 0.717) is 5.92 Å². The highest BCUT2D eigenvalue weighted by molar-refractivity contribution is 5.29. The van der Waals surface area contributed by atoms with Crippen LogP contribution in [-0.2, 0) is 11.2 Å². The van der Waals surface area contributed by atoms with Gasteiger partial charge in [0.15, 0.2) is 0 Å². The molecule has 3 nitrogen and oxygen atoms in total. The Balaban J connectivity index is 1.21. The maximum Gasteiger partial charge on any atom is 0.108 e. The van der Waals surface area contributed by atoms with Crippen molar-refractivity contribution in [2.24, 2.45) is 5.92 Å². The molecule has 0 spiro atoms. The van der Waals surface area contributed by atoms with Crippen LogP contribution in [0.3, 0.4) is 0 Å². The SMILES string of the molecule is O[C@@H](Cc1ccccc1)CN1CCC(CCOC(c2ccccc2)c2ccccc2)CC1. The minimum absolute atomic E-state index is 0.00868. The van der Waals surface area contributed by atoms with Crippen LogP contribution >= 0.6 is 0 Å². The van der Waals surface area contributed by atoms with Crippen molar-refractivity contribution in [1.29, 1.82) is 0 Å². The third kappa shape index (κ3) is 6.77. The average molecular weight is 430 g/mol. The summed E-state index contributed by atoms with van der Waals surface area (Å²) in [6.45, 7) is 3.67. The molecule has 0 aromatic heterocycles. The molecule has 0 bridgehead atoms. The van der Waals surface area contributed by atoms with Gasteiger partial charge in [-0.3, -0.25) is 0 Å². The Bertz CT molecular complexity index is 853. The lowest BCUT2D eigenvalue weighted by atomic mass is 9.93. The Morgan fingerprint density at radius 2 is 1.31 bits per heavy atom. The Labute approximate surface area is 192 Å². The molecule has 3 aromatic rings. The van der Waals surface area contributed by atoms with Gasteiger partial charge in [0.05, 0.1) is 6.10 Å². The second-order valence-corrected chi connectivity index (χ2v) is 8.95. The van der Waals surface area contributed by atoms with E-state index in [4.69, 9.17) is 4.74 Å². The van der Waals surface area contributed by atoms with Crippen LogP contribution in [0, 0.1) is 5.92 Å². The molecule has 1 N–H and O–H groups in total. The van der Waals surface area contributed by atoms with Crippen molar-refractivity contribution < 1.29 is 9.84 Å². The molecule has 0 aliphatic carbocycles. The number of hydrogen-bond donors (Lipinski definition) is 1. The number of β-amino-alcohol motifs (C(OH)–C–C–N with tert-alkyl or cyclic N) is 1. The molecule has 3 heteroatoms. The summed E-state index contributed by atoms with van der Waals surface area (Å²) in [4.78, 5) is 2.42. The molecule has 0 amide bonds. The number of ether oxygens (including phenoxy) is 1. The summed E-state index contributed by atoms with van der Waals surface area (Å²) < 4.78 is 6.42. The fraction of sp³-hybridized carbons (Fsp3) is 0.379. The normalized spacial score (nSPS) is 16.3. The Morgan fingerprint density at radius 1 is 0.781 bits per heavy atom. The third-order valence-electron chi connectivity index (χ3n) is 6.51. The van der Waals surface area contributed by atoms with Gasteiger partial charge in [0, 0.05) is 13.2 Å². The molecule has 0 saturated carbocycles. The predicted octanol–water partition coefficient (Wildman–Crippen LogP) is 5.50. The number of benzene rings is 3. The van der Waals surface area contributed by atoms with Gasteiger partial charge >= 0.3 is 0 Å². The molecule has 1 atom stereocenters. The number of aliphatic hydroxyl groups is 1. The van der Waals surface area contributed by atoms with E-state index < -0.39 is 0 Å². The first kappa shape index (κ1) is 22.7. The summed E-state index contributed by atoms with van der Waals surface area (Å²) >= 11 is 0. The largest absolute Gasteiger partial charge is 0.391 e. The van der Waals surface area contributed by atoms with Crippen molar-refractivity contribution in [1.82, 2.24) is 4.90 Å². The van der Waals surface area contributed by atoms with Crippen LogP contribution in [0.2, 0.25) is 0 Å². The standard InChI is InChI=1S/C29H35NO2/c31-28(22-25-10-4-1-5-11-25)23-30-19-16-24(17-20-30)18-21-32-29(26-12-6-2-7-13-26)27-14-8-3-9-15-27/h1-15,24,28-29,31H,16-23H2/t28-/m0/s1. The van der Waals surface area contributed by atoms with Crippen molar-refractivity contribution in [2.75, 3.05) is 26.2 Å². The maximum atomic E-state index is 10.5. The van der Waals surface area contributed by atoms with E-state index in [0.717, 1.165) is 39.1 Å². The van der Waals surface area contributed by atoms with Crippen molar-refractivity contribution in [3.8, 4) is 0 Å². The van der Waals surface area contributed by atoms with Gasteiger partial charge in [-0.05, 0) is 61.4 Å². The molecule has 0 radical (unpaired) electrons. The van der Waals surface area contributed by atoms with E-state index in [9.17, 15) is 5.11 Å². The summed E-state index contributed by atoms with van der Waals surface area (Å²) in [7, 11) is 0. The van der Waals surface area contributed by atoms with Gasteiger partial charge in [0.25, 0.3) is 0 Å². The topological polar surface area (TPSA) is 32.7 Å². The Morgan fingerprint density at radius 3 is 1.88 bits per heavy atom. The summed E-state index contributed by atoms with van der Waals surface area (Å²) in [6, 6.07) is 31.3. The van der Waals surface area contributed by atoms with Crippen molar-refractivity contribution in [3.63, 3.8) is 0 Å². The van der Waals surface area contributed by atoms with Crippen molar-refractivity contribution in [2.45, 2.75) is 37.9 Å². The number of aliphatic hydroxyl groups excluding tert-OH is 1. The van der Waals surface area contributed by atoms with E-state index in [1.165, 1.54) is 29.5 Å². The first-order chi connectivity index (χ1) is 15.8. The summed E-state index contributed by atoms with van der Waals surface area (Å²) in [5, 5.41) is 10.5. The van der Waals surface area contributed by atoms with E-state index in [1.807, 2.05) is 18.2 Å². The van der Waals surface area contributed by atoms with Crippen LogP contribution in [0.15, 0.2) is 91.0 Å². The second-order valence-electron chi connectivity index (χ2n) is 8.95.